The standard InChI is InChI=1S/C17H20N2O2/c1-12-8-10-19(11-9-12)17(20)15-13(2)21-16(18-15)14-6-4-3-5-7-14/h3-7,12H,8-11H2,1-2H3. The molecule has 0 radical (unpaired) electrons. The van der Waals surface area contributed by atoms with Crippen molar-refractivity contribution < 1.29 is 9.21 Å². The van der Waals surface area contributed by atoms with Crippen LogP contribution in [0, 0.1) is 12.8 Å². The van der Waals surface area contributed by atoms with Gasteiger partial charge in [0.15, 0.2) is 5.69 Å². The van der Waals surface area contributed by atoms with Crippen LogP contribution in [0.5, 0.6) is 0 Å². The molecule has 1 saturated heterocycles. The average Bonchev–Trinajstić information content (AvgIpc) is 2.90. The van der Waals surface area contributed by atoms with Crippen LogP contribution >= 0.6 is 0 Å². The molecule has 1 fully saturated rings. The molecule has 1 amide bonds. The van der Waals surface area contributed by atoms with Crippen molar-refractivity contribution in [2.45, 2.75) is 26.7 Å². The Morgan fingerprint density at radius 2 is 1.90 bits per heavy atom. The van der Waals surface area contributed by atoms with E-state index < -0.39 is 0 Å². The Morgan fingerprint density at radius 1 is 1.24 bits per heavy atom. The summed E-state index contributed by atoms with van der Waals surface area (Å²) >= 11 is 0. The lowest BCUT2D eigenvalue weighted by Crippen LogP contribution is -2.38. The van der Waals surface area contributed by atoms with Crippen LogP contribution in [0.1, 0.15) is 36.0 Å². The van der Waals surface area contributed by atoms with Gasteiger partial charge in [-0.25, -0.2) is 4.98 Å². The summed E-state index contributed by atoms with van der Waals surface area (Å²) in [5.41, 5.74) is 1.34. The fourth-order valence-corrected chi connectivity index (χ4v) is 2.66. The Kier molecular flexibility index (Phi) is 3.78. The molecule has 1 aromatic carbocycles. The number of hydrogen-bond donors (Lipinski definition) is 0. The van der Waals surface area contributed by atoms with Gasteiger partial charge >= 0.3 is 0 Å². The topological polar surface area (TPSA) is 46.3 Å². The average molecular weight is 284 g/mol. The summed E-state index contributed by atoms with van der Waals surface area (Å²) in [7, 11) is 0. The molecule has 1 aliphatic rings. The molecule has 0 unspecified atom stereocenters. The molecule has 4 nitrogen and oxygen atoms in total. The Bertz CT molecular complexity index is 625. The summed E-state index contributed by atoms with van der Waals surface area (Å²) in [5.74, 6) is 1.80. The van der Waals surface area contributed by atoms with E-state index in [2.05, 4.69) is 11.9 Å². The highest BCUT2D eigenvalue weighted by Crippen LogP contribution is 2.24. The van der Waals surface area contributed by atoms with E-state index in [1.165, 1.54) is 0 Å². The third kappa shape index (κ3) is 2.84. The molecule has 3 rings (SSSR count). The zero-order chi connectivity index (χ0) is 14.8. The maximum Gasteiger partial charge on any atom is 0.276 e. The van der Waals surface area contributed by atoms with Gasteiger partial charge in [0.05, 0.1) is 0 Å². The third-order valence-electron chi connectivity index (χ3n) is 4.09. The summed E-state index contributed by atoms with van der Waals surface area (Å²) in [5, 5.41) is 0. The lowest BCUT2D eigenvalue weighted by molar-refractivity contribution is 0.0690. The number of nitrogens with zero attached hydrogens (tertiary/aromatic N) is 2. The quantitative estimate of drug-likeness (QED) is 0.847. The number of piperidine rings is 1. The molecule has 1 aliphatic heterocycles. The number of carbonyl (C=O) groups is 1. The summed E-state index contributed by atoms with van der Waals surface area (Å²) in [4.78, 5) is 18.9. The molecule has 0 aliphatic carbocycles. The Hall–Kier alpha value is -2.10. The van der Waals surface area contributed by atoms with Crippen LogP contribution in [0.3, 0.4) is 0 Å². The van der Waals surface area contributed by atoms with E-state index in [-0.39, 0.29) is 5.91 Å². The second kappa shape index (κ2) is 5.72. The Morgan fingerprint density at radius 3 is 2.57 bits per heavy atom. The van der Waals surface area contributed by atoms with Gasteiger partial charge in [0, 0.05) is 18.7 Å². The largest absolute Gasteiger partial charge is 0.441 e. The van der Waals surface area contributed by atoms with E-state index >= 15 is 0 Å². The van der Waals surface area contributed by atoms with Gasteiger partial charge in [-0.05, 0) is 37.8 Å². The first-order valence-corrected chi connectivity index (χ1v) is 7.47. The summed E-state index contributed by atoms with van der Waals surface area (Å²) in [6.45, 7) is 5.66. The molecule has 0 spiro atoms. The molecule has 1 aromatic heterocycles. The normalized spacial score (nSPS) is 16.2. The van der Waals surface area contributed by atoms with Crippen LogP contribution in [-0.4, -0.2) is 28.9 Å². The number of hydrogen-bond acceptors (Lipinski definition) is 3. The van der Waals surface area contributed by atoms with Crippen LogP contribution in [0.2, 0.25) is 0 Å². The highest BCUT2D eigenvalue weighted by atomic mass is 16.4. The number of oxazole rings is 1. The molecule has 2 heterocycles. The molecular formula is C17H20N2O2. The van der Waals surface area contributed by atoms with Crippen molar-refractivity contribution in [3.63, 3.8) is 0 Å². The summed E-state index contributed by atoms with van der Waals surface area (Å²) < 4.78 is 5.68. The van der Waals surface area contributed by atoms with Crippen molar-refractivity contribution in [1.82, 2.24) is 9.88 Å². The zero-order valence-electron chi connectivity index (χ0n) is 12.5. The minimum atomic E-state index is -0.00895. The van der Waals surface area contributed by atoms with Gasteiger partial charge in [-0.3, -0.25) is 4.79 Å². The fourth-order valence-electron chi connectivity index (χ4n) is 2.66. The third-order valence-corrected chi connectivity index (χ3v) is 4.09. The van der Waals surface area contributed by atoms with Crippen molar-refractivity contribution in [2.24, 2.45) is 5.92 Å². The highest BCUT2D eigenvalue weighted by molar-refractivity contribution is 5.93. The molecular weight excluding hydrogens is 264 g/mol. The van der Waals surface area contributed by atoms with Gasteiger partial charge in [-0.15, -0.1) is 0 Å². The molecule has 4 heteroatoms. The Labute approximate surface area is 124 Å². The second-order valence-electron chi connectivity index (χ2n) is 5.76. The molecule has 2 aromatic rings. The molecule has 21 heavy (non-hydrogen) atoms. The van der Waals surface area contributed by atoms with Crippen LogP contribution < -0.4 is 0 Å². The summed E-state index contributed by atoms with van der Waals surface area (Å²) in [6, 6.07) is 9.68. The van der Waals surface area contributed by atoms with Gasteiger partial charge in [0.2, 0.25) is 5.89 Å². The molecule has 0 atom stereocenters. The molecule has 0 saturated carbocycles. The zero-order valence-corrected chi connectivity index (χ0v) is 12.5. The number of carbonyl (C=O) groups excluding carboxylic acids is 1. The van der Waals surface area contributed by atoms with Gasteiger partial charge in [-0.2, -0.15) is 0 Å². The lowest BCUT2D eigenvalue weighted by atomic mass is 9.99. The van der Waals surface area contributed by atoms with E-state index in [4.69, 9.17) is 4.42 Å². The number of amides is 1. The number of rotatable bonds is 2. The minimum Gasteiger partial charge on any atom is -0.441 e. The van der Waals surface area contributed by atoms with E-state index in [1.807, 2.05) is 35.2 Å². The number of benzene rings is 1. The molecule has 110 valence electrons. The van der Waals surface area contributed by atoms with Gasteiger partial charge in [0.25, 0.3) is 5.91 Å². The van der Waals surface area contributed by atoms with Crippen LogP contribution in [0.15, 0.2) is 34.7 Å². The smallest absolute Gasteiger partial charge is 0.276 e. The molecule has 0 bridgehead atoms. The Balaban J connectivity index is 1.83. The molecule has 0 N–H and O–H groups in total. The summed E-state index contributed by atoms with van der Waals surface area (Å²) in [6.07, 6.45) is 2.13. The van der Waals surface area contributed by atoms with Crippen molar-refractivity contribution in [3.05, 3.63) is 41.8 Å². The van der Waals surface area contributed by atoms with E-state index in [1.54, 1.807) is 6.92 Å². The predicted octanol–water partition coefficient (Wildman–Crippen LogP) is 3.52. The second-order valence-corrected chi connectivity index (χ2v) is 5.76. The first kappa shape index (κ1) is 13.9. The first-order chi connectivity index (χ1) is 10.1. The van der Waals surface area contributed by atoms with Gasteiger partial charge < -0.3 is 9.32 Å². The number of likely N-dealkylation sites (tertiary alicyclic amines) is 1. The predicted molar refractivity (Wildman–Crippen MR) is 81.0 cm³/mol. The minimum absolute atomic E-state index is 0.00895. The van der Waals surface area contributed by atoms with Crippen molar-refractivity contribution in [2.75, 3.05) is 13.1 Å². The maximum atomic E-state index is 12.6. The van der Waals surface area contributed by atoms with Crippen molar-refractivity contribution in [1.29, 1.82) is 0 Å². The number of aromatic nitrogens is 1. The van der Waals surface area contributed by atoms with Gasteiger partial charge in [0.1, 0.15) is 5.76 Å². The van der Waals surface area contributed by atoms with Crippen molar-refractivity contribution in [3.8, 4) is 11.5 Å². The van der Waals surface area contributed by atoms with Crippen LogP contribution in [0.4, 0.5) is 0 Å². The fraction of sp³-hybridized carbons (Fsp3) is 0.412. The van der Waals surface area contributed by atoms with E-state index in [9.17, 15) is 4.79 Å². The van der Waals surface area contributed by atoms with Gasteiger partial charge in [-0.1, -0.05) is 25.1 Å². The first-order valence-electron chi connectivity index (χ1n) is 7.47. The lowest BCUT2D eigenvalue weighted by Gasteiger charge is -2.29. The maximum absolute atomic E-state index is 12.6. The van der Waals surface area contributed by atoms with Crippen LogP contribution in [-0.2, 0) is 0 Å². The van der Waals surface area contributed by atoms with E-state index in [0.717, 1.165) is 31.5 Å². The SMILES string of the molecule is Cc1oc(-c2ccccc2)nc1C(=O)N1CCC(C)CC1. The number of aryl methyl sites for hydroxylation is 1. The van der Waals surface area contributed by atoms with Crippen LogP contribution in [0.25, 0.3) is 11.5 Å². The van der Waals surface area contributed by atoms with Crippen molar-refractivity contribution >= 4 is 5.91 Å². The highest BCUT2D eigenvalue weighted by Gasteiger charge is 2.26. The van der Waals surface area contributed by atoms with E-state index in [0.29, 0.717) is 23.3 Å². The monoisotopic (exact) mass is 284 g/mol.